The minimum atomic E-state index is -0.200. The Morgan fingerprint density at radius 1 is 1.44 bits per heavy atom. The van der Waals surface area contributed by atoms with E-state index in [4.69, 9.17) is 5.73 Å². The Balaban J connectivity index is 2.15. The zero-order valence-electron chi connectivity index (χ0n) is 10.4. The van der Waals surface area contributed by atoms with Crippen molar-refractivity contribution in [1.29, 1.82) is 0 Å². The molecule has 0 bridgehead atoms. The lowest BCUT2D eigenvalue weighted by molar-refractivity contribution is -0.122. The molecule has 1 fully saturated rings. The number of nitrogens with one attached hydrogen (secondary N) is 1. The van der Waals surface area contributed by atoms with E-state index in [0.717, 1.165) is 24.8 Å². The first-order valence-electron chi connectivity index (χ1n) is 6.18. The lowest BCUT2D eigenvalue weighted by Crippen LogP contribution is -2.26. The number of hydrogen-bond acceptors (Lipinski definition) is 3. The Bertz CT molecular complexity index is 456. The van der Waals surface area contributed by atoms with E-state index in [9.17, 15) is 9.59 Å². The minimum absolute atomic E-state index is 0.0370. The van der Waals surface area contributed by atoms with Crippen LogP contribution in [0.15, 0.2) is 10.8 Å². The van der Waals surface area contributed by atoms with Crippen LogP contribution >= 0.6 is 11.3 Å². The molecule has 1 aliphatic rings. The van der Waals surface area contributed by atoms with E-state index in [-0.39, 0.29) is 23.7 Å². The standard InChI is InChI=1S/C13H18N2O2S/c1-8(16)15-5-9-6-18-7-12(9)10-3-2-4-11(10)13(14)17/h6-7,10-11H,2-5H2,1H3,(H2,14,17)(H,15,16). The first-order chi connectivity index (χ1) is 8.59. The Morgan fingerprint density at radius 2 is 2.22 bits per heavy atom. The maximum absolute atomic E-state index is 11.4. The van der Waals surface area contributed by atoms with E-state index >= 15 is 0 Å². The van der Waals surface area contributed by atoms with Gasteiger partial charge in [0.25, 0.3) is 0 Å². The molecule has 1 saturated carbocycles. The van der Waals surface area contributed by atoms with Gasteiger partial charge in [-0.15, -0.1) is 0 Å². The smallest absolute Gasteiger partial charge is 0.221 e. The van der Waals surface area contributed by atoms with Crippen LogP contribution in [0.25, 0.3) is 0 Å². The van der Waals surface area contributed by atoms with Crippen molar-refractivity contribution in [2.45, 2.75) is 38.6 Å². The molecule has 1 aromatic heterocycles. The topological polar surface area (TPSA) is 72.2 Å². The van der Waals surface area contributed by atoms with Gasteiger partial charge in [-0.05, 0) is 40.6 Å². The van der Waals surface area contributed by atoms with Crippen LogP contribution in [0.5, 0.6) is 0 Å². The van der Waals surface area contributed by atoms with Gasteiger partial charge in [0.2, 0.25) is 11.8 Å². The van der Waals surface area contributed by atoms with Crippen molar-refractivity contribution in [3.05, 3.63) is 21.9 Å². The van der Waals surface area contributed by atoms with Gasteiger partial charge in [0.05, 0.1) is 0 Å². The lowest BCUT2D eigenvalue weighted by atomic mass is 9.88. The van der Waals surface area contributed by atoms with Gasteiger partial charge >= 0.3 is 0 Å². The van der Waals surface area contributed by atoms with Gasteiger partial charge in [-0.2, -0.15) is 11.3 Å². The Kier molecular flexibility index (Phi) is 4.01. The Morgan fingerprint density at radius 3 is 2.89 bits per heavy atom. The van der Waals surface area contributed by atoms with Crippen molar-refractivity contribution in [3.63, 3.8) is 0 Å². The van der Waals surface area contributed by atoms with Crippen LogP contribution < -0.4 is 11.1 Å². The summed E-state index contributed by atoms with van der Waals surface area (Å²) in [6, 6.07) is 0. The van der Waals surface area contributed by atoms with Crippen molar-refractivity contribution in [3.8, 4) is 0 Å². The van der Waals surface area contributed by atoms with E-state index in [1.165, 1.54) is 12.5 Å². The molecule has 18 heavy (non-hydrogen) atoms. The maximum Gasteiger partial charge on any atom is 0.221 e. The summed E-state index contributed by atoms with van der Waals surface area (Å²) in [4.78, 5) is 22.4. The maximum atomic E-state index is 11.4. The molecule has 4 nitrogen and oxygen atoms in total. The average Bonchev–Trinajstić information content (AvgIpc) is 2.94. The number of thiophene rings is 1. The van der Waals surface area contributed by atoms with Gasteiger partial charge < -0.3 is 11.1 Å². The van der Waals surface area contributed by atoms with E-state index in [2.05, 4.69) is 10.7 Å². The largest absolute Gasteiger partial charge is 0.369 e. The first-order valence-corrected chi connectivity index (χ1v) is 7.12. The molecule has 0 saturated heterocycles. The third-order valence-corrected chi connectivity index (χ3v) is 4.40. The summed E-state index contributed by atoms with van der Waals surface area (Å²) < 4.78 is 0. The molecule has 1 aliphatic carbocycles. The highest BCUT2D eigenvalue weighted by Crippen LogP contribution is 2.41. The monoisotopic (exact) mass is 266 g/mol. The van der Waals surface area contributed by atoms with Gasteiger partial charge in [0, 0.05) is 19.4 Å². The van der Waals surface area contributed by atoms with Gasteiger partial charge in [-0.1, -0.05) is 6.42 Å². The number of nitrogens with two attached hydrogens (primary N) is 1. The minimum Gasteiger partial charge on any atom is -0.369 e. The average molecular weight is 266 g/mol. The number of amides is 2. The number of rotatable bonds is 4. The summed E-state index contributed by atoms with van der Waals surface area (Å²) in [7, 11) is 0. The fourth-order valence-corrected chi connectivity index (χ4v) is 3.62. The molecule has 3 N–H and O–H groups in total. The molecule has 2 rings (SSSR count). The molecule has 2 amide bonds. The molecule has 2 atom stereocenters. The van der Waals surface area contributed by atoms with Crippen LogP contribution in [0.4, 0.5) is 0 Å². The molecule has 0 spiro atoms. The van der Waals surface area contributed by atoms with E-state index < -0.39 is 0 Å². The van der Waals surface area contributed by atoms with Crippen molar-refractivity contribution in [1.82, 2.24) is 5.32 Å². The third kappa shape index (κ3) is 2.72. The SMILES string of the molecule is CC(=O)NCc1cscc1C1CCCC1C(N)=O. The van der Waals surface area contributed by atoms with E-state index in [0.29, 0.717) is 6.54 Å². The summed E-state index contributed by atoms with van der Waals surface area (Å²) in [6.07, 6.45) is 2.94. The second kappa shape index (κ2) is 5.52. The number of primary amides is 1. The van der Waals surface area contributed by atoms with Crippen molar-refractivity contribution >= 4 is 23.2 Å². The second-order valence-corrected chi connectivity index (χ2v) is 5.55. The number of carbonyl (C=O) groups excluding carboxylic acids is 2. The summed E-state index contributed by atoms with van der Waals surface area (Å²) in [5.41, 5.74) is 7.77. The predicted molar refractivity (Wildman–Crippen MR) is 71.1 cm³/mol. The second-order valence-electron chi connectivity index (χ2n) is 4.81. The first kappa shape index (κ1) is 13.1. The molecular weight excluding hydrogens is 248 g/mol. The zero-order valence-corrected chi connectivity index (χ0v) is 11.3. The van der Waals surface area contributed by atoms with Crippen molar-refractivity contribution < 1.29 is 9.59 Å². The molecule has 5 heteroatoms. The normalized spacial score (nSPS) is 22.9. The highest BCUT2D eigenvalue weighted by Gasteiger charge is 2.34. The van der Waals surface area contributed by atoms with E-state index in [1.807, 2.05) is 5.38 Å². The lowest BCUT2D eigenvalue weighted by Gasteiger charge is -2.17. The highest BCUT2D eigenvalue weighted by atomic mass is 32.1. The molecule has 0 aliphatic heterocycles. The summed E-state index contributed by atoms with van der Waals surface area (Å²) in [5.74, 6) is -0.0487. The van der Waals surface area contributed by atoms with Gasteiger partial charge in [0.15, 0.2) is 0 Å². The molecule has 0 aromatic carbocycles. The van der Waals surface area contributed by atoms with Gasteiger partial charge in [0.1, 0.15) is 0 Å². The third-order valence-electron chi connectivity index (χ3n) is 3.58. The molecule has 0 radical (unpaired) electrons. The molecular formula is C13H18N2O2S. The van der Waals surface area contributed by atoms with Gasteiger partial charge in [-0.3, -0.25) is 9.59 Å². The Hall–Kier alpha value is -1.36. The molecule has 98 valence electrons. The molecule has 2 unspecified atom stereocenters. The van der Waals surface area contributed by atoms with E-state index in [1.54, 1.807) is 11.3 Å². The van der Waals surface area contributed by atoms with Crippen LogP contribution in [0.3, 0.4) is 0 Å². The molecule has 1 aromatic rings. The van der Waals surface area contributed by atoms with Crippen molar-refractivity contribution in [2.24, 2.45) is 11.7 Å². The summed E-state index contributed by atoms with van der Waals surface area (Å²) >= 11 is 1.62. The summed E-state index contributed by atoms with van der Waals surface area (Å²) in [5, 5.41) is 6.94. The van der Waals surface area contributed by atoms with Gasteiger partial charge in [-0.25, -0.2) is 0 Å². The van der Waals surface area contributed by atoms with Crippen LogP contribution in [0, 0.1) is 5.92 Å². The van der Waals surface area contributed by atoms with Crippen LogP contribution in [0.2, 0.25) is 0 Å². The van der Waals surface area contributed by atoms with Crippen LogP contribution in [0.1, 0.15) is 43.2 Å². The predicted octanol–water partition coefficient (Wildman–Crippen LogP) is 1.75. The highest BCUT2D eigenvalue weighted by molar-refractivity contribution is 7.08. The van der Waals surface area contributed by atoms with Crippen LogP contribution in [-0.4, -0.2) is 11.8 Å². The molecule has 1 heterocycles. The fraction of sp³-hybridized carbons (Fsp3) is 0.538. The zero-order chi connectivity index (χ0) is 13.1. The summed E-state index contributed by atoms with van der Waals surface area (Å²) in [6.45, 7) is 2.05. The van der Waals surface area contributed by atoms with Crippen molar-refractivity contribution in [2.75, 3.05) is 0 Å². The number of carbonyl (C=O) groups is 2. The van der Waals surface area contributed by atoms with Crippen LogP contribution in [-0.2, 0) is 16.1 Å². The quantitative estimate of drug-likeness (QED) is 0.871. The Labute approximate surface area is 111 Å². The number of hydrogen-bond donors (Lipinski definition) is 2. The fourth-order valence-electron chi connectivity index (χ4n) is 2.69.